The number of hydrogen-bond donors (Lipinski definition) is 1. The molecule has 1 aliphatic rings. The summed E-state index contributed by atoms with van der Waals surface area (Å²) in [6, 6.07) is 3.94. The van der Waals surface area contributed by atoms with Gasteiger partial charge in [0.05, 0.1) is 12.7 Å². The zero-order valence-corrected chi connectivity index (χ0v) is 13.2. The first-order chi connectivity index (χ1) is 9.44. The molecular formula is C17H25NO2. The fourth-order valence-corrected chi connectivity index (χ4v) is 3.16. The number of benzene rings is 1. The van der Waals surface area contributed by atoms with Gasteiger partial charge in [0, 0.05) is 12.0 Å². The quantitative estimate of drug-likeness (QED) is 0.858. The second-order valence-electron chi connectivity index (χ2n) is 6.16. The Labute approximate surface area is 121 Å². The molecule has 1 unspecified atom stereocenters. The normalized spacial score (nSPS) is 22.3. The minimum Gasteiger partial charge on any atom is -0.496 e. The maximum Gasteiger partial charge on any atom is 0.174 e. The minimum atomic E-state index is -0.297. The summed E-state index contributed by atoms with van der Waals surface area (Å²) in [4.78, 5) is 13.1. The number of methoxy groups -OCH3 is 1. The number of nitrogens with one attached hydrogen (secondary N) is 1. The number of ketones is 1. The summed E-state index contributed by atoms with van der Waals surface area (Å²) in [6.07, 6.45) is 0.902. The molecule has 1 aromatic carbocycles. The molecule has 0 radical (unpaired) electrons. The van der Waals surface area contributed by atoms with Crippen molar-refractivity contribution in [3.63, 3.8) is 0 Å². The highest BCUT2D eigenvalue weighted by atomic mass is 16.5. The van der Waals surface area contributed by atoms with Crippen LogP contribution in [0.5, 0.6) is 5.75 Å². The summed E-state index contributed by atoms with van der Waals surface area (Å²) in [6.45, 7) is 10.0. The molecule has 0 saturated carbocycles. The molecule has 1 atom stereocenters. The molecule has 1 fully saturated rings. The molecule has 1 aliphatic heterocycles. The SMILES string of the molecule is COc1c(C(=O)C2(C(C)C)CCNC2)ccc(C)c1C. The van der Waals surface area contributed by atoms with Crippen molar-refractivity contribution in [2.24, 2.45) is 11.3 Å². The predicted molar refractivity (Wildman–Crippen MR) is 81.6 cm³/mol. The van der Waals surface area contributed by atoms with E-state index in [-0.39, 0.29) is 11.2 Å². The molecule has 20 heavy (non-hydrogen) atoms. The second kappa shape index (κ2) is 5.57. The van der Waals surface area contributed by atoms with Gasteiger partial charge in [0.2, 0.25) is 0 Å². The van der Waals surface area contributed by atoms with Crippen LogP contribution < -0.4 is 10.1 Å². The number of carbonyl (C=O) groups excluding carboxylic acids is 1. The first kappa shape index (κ1) is 15.0. The summed E-state index contributed by atoms with van der Waals surface area (Å²) >= 11 is 0. The lowest BCUT2D eigenvalue weighted by Crippen LogP contribution is -2.38. The van der Waals surface area contributed by atoms with Crippen molar-refractivity contribution in [3.05, 3.63) is 28.8 Å². The minimum absolute atomic E-state index is 0.220. The van der Waals surface area contributed by atoms with Crippen LogP contribution in [0.25, 0.3) is 0 Å². The third-order valence-electron chi connectivity index (χ3n) is 4.87. The number of aryl methyl sites for hydroxylation is 1. The maximum atomic E-state index is 13.1. The van der Waals surface area contributed by atoms with E-state index < -0.39 is 0 Å². The first-order valence-corrected chi connectivity index (χ1v) is 7.33. The number of carbonyl (C=O) groups is 1. The van der Waals surface area contributed by atoms with Crippen molar-refractivity contribution in [2.75, 3.05) is 20.2 Å². The Kier molecular flexibility index (Phi) is 4.19. The van der Waals surface area contributed by atoms with Crippen molar-refractivity contribution < 1.29 is 9.53 Å². The van der Waals surface area contributed by atoms with Gasteiger partial charge in [-0.1, -0.05) is 19.9 Å². The second-order valence-corrected chi connectivity index (χ2v) is 6.16. The highest BCUT2D eigenvalue weighted by Gasteiger charge is 2.45. The highest BCUT2D eigenvalue weighted by Crippen LogP contribution is 2.40. The Hall–Kier alpha value is -1.35. The van der Waals surface area contributed by atoms with Crippen LogP contribution >= 0.6 is 0 Å². The lowest BCUT2D eigenvalue weighted by atomic mass is 9.70. The smallest absolute Gasteiger partial charge is 0.174 e. The standard InChI is InChI=1S/C17H25NO2/c1-11(2)17(8-9-18-10-17)16(19)14-7-6-12(3)13(4)15(14)20-5/h6-7,11,18H,8-10H2,1-5H3. The van der Waals surface area contributed by atoms with Gasteiger partial charge in [-0.3, -0.25) is 4.79 Å². The topological polar surface area (TPSA) is 38.3 Å². The van der Waals surface area contributed by atoms with Gasteiger partial charge < -0.3 is 10.1 Å². The fourth-order valence-electron chi connectivity index (χ4n) is 3.16. The largest absolute Gasteiger partial charge is 0.496 e. The van der Waals surface area contributed by atoms with Crippen LogP contribution in [-0.2, 0) is 0 Å². The van der Waals surface area contributed by atoms with Gasteiger partial charge in [-0.25, -0.2) is 0 Å². The number of ether oxygens (including phenoxy) is 1. The molecular weight excluding hydrogens is 250 g/mol. The molecule has 1 aromatic rings. The summed E-state index contributed by atoms with van der Waals surface area (Å²) in [5.41, 5.74) is 2.65. The van der Waals surface area contributed by atoms with Crippen LogP contribution in [0.4, 0.5) is 0 Å². The summed E-state index contributed by atoms with van der Waals surface area (Å²) in [5.74, 6) is 1.27. The van der Waals surface area contributed by atoms with Crippen LogP contribution in [-0.4, -0.2) is 26.0 Å². The van der Waals surface area contributed by atoms with Crippen LogP contribution in [0.3, 0.4) is 0 Å². The van der Waals surface area contributed by atoms with Gasteiger partial charge in [0.15, 0.2) is 5.78 Å². The third kappa shape index (κ3) is 2.24. The van der Waals surface area contributed by atoms with Gasteiger partial charge in [0.1, 0.15) is 5.75 Å². The monoisotopic (exact) mass is 275 g/mol. The zero-order chi connectivity index (χ0) is 14.9. The molecule has 0 aromatic heterocycles. The molecule has 0 bridgehead atoms. The van der Waals surface area contributed by atoms with Gasteiger partial charge >= 0.3 is 0 Å². The molecule has 0 spiro atoms. The zero-order valence-electron chi connectivity index (χ0n) is 13.2. The average molecular weight is 275 g/mol. The average Bonchev–Trinajstić information content (AvgIpc) is 2.91. The van der Waals surface area contributed by atoms with Gasteiger partial charge in [-0.2, -0.15) is 0 Å². The van der Waals surface area contributed by atoms with E-state index in [0.29, 0.717) is 5.92 Å². The van der Waals surface area contributed by atoms with Crippen molar-refractivity contribution in [1.29, 1.82) is 0 Å². The lowest BCUT2D eigenvalue weighted by Gasteiger charge is -2.31. The van der Waals surface area contributed by atoms with E-state index in [2.05, 4.69) is 19.2 Å². The van der Waals surface area contributed by atoms with Crippen LogP contribution in [0.15, 0.2) is 12.1 Å². The lowest BCUT2D eigenvalue weighted by molar-refractivity contribution is 0.0736. The predicted octanol–water partition coefficient (Wildman–Crippen LogP) is 3.13. The molecule has 110 valence electrons. The van der Waals surface area contributed by atoms with Gasteiger partial charge in [-0.05, 0) is 49.9 Å². The Bertz CT molecular complexity index is 514. The van der Waals surface area contributed by atoms with Crippen LogP contribution in [0.1, 0.15) is 41.8 Å². The third-order valence-corrected chi connectivity index (χ3v) is 4.87. The van der Waals surface area contributed by atoms with E-state index in [0.717, 1.165) is 42.0 Å². The molecule has 0 amide bonds. The first-order valence-electron chi connectivity index (χ1n) is 7.33. The Morgan fingerprint density at radius 2 is 2.05 bits per heavy atom. The van der Waals surface area contributed by atoms with Gasteiger partial charge in [0.25, 0.3) is 0 Å². The van der Waals surface area contributed by atoms with E-state index in [1.54, 1.807) is 7.11 Å². The molecule has 2 rings (SSSR count). The van der Waals surface area contributed by atoms with E-state index >= 15 is 0 Å². The molecule has 0 aliphatic carbocycles. The summed E-state index contributed by atoms with van der Waals surface area (Å²) < 4.78 is 5.52. The molecule has 3 heteroatoms. The maximum absolute atomic E-state index is 13.1. The summed E-state index contributed by atoms with van der Waals surface area (Å²) in [7, 11) is 1.65. The van der Waals surface area contributed by atoms with Crippen molar-refractivity contribution in [3.8, 4) is 5.75 Å². The molecule has 1 heterocycles. The van der Waals surface area contributed by atoms with Crippen LogP contribution in [0, 0.1) is 25.2 Å². The molecule has 1 N–H and O–H groups in total. The molecule has 1 saturated heterocycles. The van der Waals surface area contributed by atoms with E-state index in [1.807, 2.05) is 26.0 Å². The number of Topliss-reactive ketones (excluding diaryl/α,β-unsaturated/α-hetero) is 1. The van der Waals surface area contributed by atoms with Crippen molar-refractivity contribution in [2.45, 2.75) is 34.1 Å². The van der Waals surface area contributed by atoms with Gasteiger partial charge in [-0.15, -0.1) is 0 Å². The molecule has 3 nitrogen and oxygen atoms in total. The Balaban J connectivity index is 2.50. The Morgan fingerprint density at radius 3 is 2.55 bits per heavy atom. The van der Waals surface area contributed by atoms with E-state index in [9.17, 15) is 4.79 Å². The van der Waals surface area contributed by atoms with Crippen molar-refractivity contribution in [1.82, 2.24) is 5.32 Å². The number of hydrogen-bond acceptors (Lipinski definition) is 3. The summed E-state index contributed by atoms with van der Waals surface area (Å²) in [5, 5.41) is 3.35. The van der Waals surface area contributed by atoms with E-state index in [1.165, 1.54) is 0 Å². The fraction of sp³-hybridized carbons (Fsp3) is 0.588. The van der Waals surface area contributed by atoms with Crippen LogP contribution in [0.2, 0.25) is 0 Å². The number of rotatable bonds is 4. The highest BCUT2D eigenvalue weighted by molar-refractivity contribution is 6.03. The Morgan fingerprint density at radius 1 is 1.35 bits per heavy atom. The van der Waals surface area contributed by atoms with Crippen molar-refractivity contribution >= 4 is 5.78 Å². The van der Waals surface area contributed by atoms with E-state index in [4.69, 9.17) is 4.74 Å².